The van der Waals surface area contributed by atoms with Crippen LogP contribution in [0.5, 0.6) is 11.5 Å². The number of hydrogen-bond acceptors (Lipinski definition) is 11. The Kier molecular flexibility index (Phi) is 15.3. The van der Waals surface area contributed by atoms with Gasteiger partial charge in [0.05, 0.1) is 12.5 Å². The molecule has 6 bridgehead atoms. The van der Waals surface area contributed by atoms with Crippen molar-refractivity contribution in [2.24, 2.45) is 35.3 Å². The molecule has 358 valence electrons. The number of nitrogens with two attached hydrogens (primary N) is 1. The average Bonchev–Trinajstić information content (AvgIpc) is 3.23. The van der Waals surface area contributed by atoms with Gasteiger partial charge in [-0.05, 0) is 149 Å². The highest BCUT2D eigenvalue weighted by Crippen LogP contribution is 2.54. The van der Waals surface area contributed by atoms with E-state index in [0.29, 0.717) is 41.2 Å². The predicted octanol–water partition coefficient (Wildman–Crippen LogP) is 0.851. The summed E-state index contributed by atoms with van der Waals surface area (Å²) in [4.78, 5) is 108. The molecule has 0 aromatic heterocycles. The minimum Gasteiger partial charge on any atom is -0.508 e. The van der Waals surface area contributed by atoms with Gasteiger partial charge in [0, 0.05) is 11.6 Å². The van der Waals surface area contributed by atoms with Crippen molar-refractivity contribution in [3.63, 3.8) is 0 Å². The van der Waals surface area contributed by atoms with Crippen molar-refractivity contribution in [2.45, 2.75) is 135 Å². The zero-order valence-electron chi connectivity index (χ0n) is 38.6. The molecule has 0 unspecified atom stereocenters. The first-order chi connectivity index (χ1) is 31.1. The molecule has 1 heterocycles. The molecule has 12 N–H and O–H groups in total. The summed E-state index contributed by atoms with van der Waals surface area (Å²) >= 11 is 0. The van der Waals surface area contributed by atoms with Crippen LogP contribution in [-0.4, -0.2) is 101 Å². The van der Waals surface area contributed by atoms with E-state index >= 15 is 0 Å². The summed E-state index contributed by atoms with van der Waals surface area (Å²) in [5.74, 6) is -4.44. The summed E-state index contributed by atoms with van der Waals surface area (Å²) in [6, 6.07) is -1.86. The van der Waals surface area contributed by atoms with Crippen LogP contribution >= 0.6 is 0 Å². The maximum Gasteiger partial charge on any atom is 0.247 e. The smallest absolute Gasteiger partial charge is 0.247 e. The largest absolute Gasteiger partial charge is 0.508 e. The van der Waals surface area contributed by atoms with Gasteiger partial charge in [-0.2, -0.15) is 0 Å². The zero-order chi connectivity index (χ0) is 48.3. The summed E-state index contributed by atoms with van der Waals surface area (Å²) in [7, 11) is 1.61. The van der Waals surface area contributed by atoms with Crippen molar-refractivity contribution >= 4 is 47.3 Å². The Morgan fingerprint density at radius 1 is 0.758 bits per heavy atom. The third-order valence-electron chi connectivity index (χ3n) is 13.6. The molecule has 19 heteroatoms. The Balaban J connectivity index is 1.24. The summed E-state index contributed by atoms with van der Waals surface area (Å²) in [5, 5.41) is 44.0. The molecule has 66 heavy (non-hydrogen) atoms. The van der Waals surface area contributed by atoms with Gasteiger partial charge in [-0.3, -0.25) is 38.4 Å². The standard InChI is InChI=1S/C47H65N9O10/c1-20(2)10-33(49-7)44(63)50-22(4)41(60)53-34(19-36(48)59)45(64)51-23(5)42(61)55-39-27-8-9-35(58)31(17-27)37-21(3)11-30(57)18-32(37)40(56-43(62)24(6)52-46(39)65)47(66)54-38-28-13-25-12-26(15-28)16-29(38)14-25/h8-9,11,17-18,20,22-26,28-29,33-34,38-40,49,57-58H,10,12-16,19H2,1-7H3,(H2,48,59)(H,50,63)(H,51,64)(H,52,65)(H,53,60)(H,54,66)(H,55,61)(H,56,62)/t22-,23-,24+,25?,26?,28?,29?,33-,34+,38?,39-,40+/m1/s1. The number of amides is 8. The van der Waals surface area contributed by atoms with Crippen molar-refractivity contribution in [2.75, 3.05) is 7.05 Å². The van der Waals surface area contributed by atoms with Gasteiger partial charge in [0.1, 0.15) is 47.8 Å². The van der Waals surface area contributed by atoms with Gasteiger partial charge in [0.2, 0.25) is 47.3 Å². The van der Waals surface area contributed by atoms with E-state index in [9.17, 15) is 48.6 Å². The molecular formula is C47H65N9O10. The second-order valence-electron chi connectivity index (χ2n) is 19.2. The number of benzene rings is 2. The van der Waals surface area contributed by atoms with Gasteiger partial charge in [-0.15, -0.1) is 0 Å². The summed E-state index contributed by atoms with van der Waals surface area (Å²) in [6.07, 6.45) is 5.20. The fourth-order valence-corrected chi connectivity index (χ4v) is 10.5. The van der Waals surface area contributed by atoms with Crippen LogP contribution in [0, 0.1) is 36.5 Å². The second kappa shape index (κ2) is 20.5. The van der Waals surface area contributed by atoms with Gasteiger partial charge in [-0.1, -0.05) is 19.9 Å². The summed E-state index contributed by atoms with van der Waals surface area (Å²) in [6.45, 7) is 9.67. The number of phenols is 2. The van der Waals surface area contributed by atoms with Crippen molar-refractivity contribution in [3.8, 4) is 22.6 Å². The van der Waals surface area contributed by atoms with E-state index in [-0.39, 0.29) is 40.1 Å². The number of rotatable bonds is 15. The molecule has 5 aliphatic rings. The number of aryl methyl sites for hydroxylation is 1. The molecule has 0 radical (unpaired) electrons. The molecule has 0 saturated heterocycles. The number of carbonyl (C=O) groups is 8. The summed E-state index contributed by atoms with van der Waals surface area (Å²) in [5.41, 5.74) is 6.65. The number of hydrogen-bond donors (Lipinski definition) is 11. The van der Waals surface area contributed by atoms with Gasteiger partial charge in [0.25, 0.3) is 0 Å². The maximum atomic E-state index is 14.5. The number of primary amides is 1. The van der Waals surface area contributed by atoms with Crippen LogP contribution in [0.3, 0.4) is 0 Å². The molecule has 0 spiro atoms. The molecule has 4 aliphatic carbocycles. The third-order valence-corrected chi connectivity index (χ3v) is 13.6. The quantitative estimate of drug-likeness (QED) is 0.119. The van der Waals surface area contributed by atoms with Crippen LogP contribution in [0.2, 0.25) is 0 Å². The molecular weight excluding hydrogens is 851 g/mol. The van der Waals surface area contributed by atoms with Crippen LogP contribution in [0.1, 0.15) is 108 Å². The number of carbonyl (C=O) groups excluding carboxylic acids is 8. The highest BCUT2D eigenvalue weighted by molar-refractivity contribution is 5.99. The molecule has 7 atom stereocenters. The second-order valence-corrected chi connectivity index (χ2v) is 19.2. The Morgan fingerprint density at radius 3 is 1.95 bits per heavy atom. The number of nitrogens with one attached hydrogen (secondary N) is 8. The van der Waals surface area contributed by atoms with Crippen molar-refractivity contribution in [3.05, 3.63) is 47.0 Å². The summed E-state index contributed by atoms with van der Waals surface area (Å²) < 4.78 is 0. The highest BCUT2D eigenvalue weighted by atomic mass is 16.3. The van der Waals surface area contributed by atoms with Crippen LogP contribution in [0.25, 0.3) is 11.1 Å². The van der Waals surface area contributed by atoms with Crippen molar-refractivity contribution < 1.29 is 48.6 Å². The van der Waals surface area contributed by atoms with E-state index in [1.165, 1.54) is 57.5 Å². The number of phenolic OH excluding ortho intramolecular Hbond substituents is 2. The Bertz CT molecular complexity index is 2220. The lowest BCUT2D eigenvalue weighted by Gasteiger charge is -2.54. The van der Waals surface area contributed by atoms with Crippen molar-refractivity contribution in [1.29, 1.82) is 0 Å². The van der Waals surface area contributed by atoms with E-state index in [1.54, 1.807) is 14.0 Å². The fourth-order valence-electron chi connectivity index (χ4n) is 10.5. The lowest BCUT2D eigenvalue weighted by atomic mass is 9.54. The molecule has 4 saturated carbocycles. The minimum atomic E-state index is -1.55. The van der Waals surface area contributed by atoms with E-state index in [0.717, 1.165) is 25.7 Å². The first-order valence-corrected chi connectivity index (χ1v) is 22.9. The van der Waals surface area contributed by atoms with E-state index < -0.39 is 96.0 Å². The monoisotopic (exact) mass is 915 g/mol. The maximum absolute atomic E-state index is 14.5. The first-order valence-electron chi connectivity index (χ1n) is 22.9. The lowest BCUT2D eigenvalue weighted by molar-refractivity contribution is -0.136. The average molecular weight is 916 g/mol. The van der Waals surface area contributed by atoms with Gasteiger partial charge in [-0.25, -0.2) is 0 Å². The highest BCUT2D eigenvalue weighted by Gasteiger charge is 2.49. The van der Waals surface area contributed by atoms with Crippen LogP contribution in [0.4, 0.5) is 0 Å². The number of fused-ring (bicyclic) bond motifs is 4. The van der Waals surface area contributed by atoms with E-state index in [2.05, 4.69) is 42.5 Å². The molecule has 2 aromatic carbocycles. The fraction of sp³-hybridized carbons (Fsp3) is 0.574. The van der Waals surface area contributed by atoms with Gasteiger partial charge in [0.15, 0.2) is 0 Å². The van der Waals surface area contributed by atoms with Crippen LogP contribution in [-0.2, 0) is 38.4 Å². The Labute approximate surface area is 384 Å². The lowest BCUT2D eigenvalue weighted by Crippen LogP contribution is -2.58. The topological polar surface area (TPSA) is 299 Å². The Hall–Kier alpha value is -6.24. The molecule has 19 nitrogen and oxygen atoms in total. The molecule has 7 rings (SSSR count). The number of aromatic hydroxyl groups is 2. The molecule has 8 amide bonds. The van der Waals surface area contributed by atoms with E-state index in [1.807, 2.05) is 13.8 Å². The zero-order valence-corrected chi connectivity index (χ0v) is 38.6. The van der Waals surface area contributed by atoms with Crippen LogP contribution in [0.15, 0.2) is 30.3 Å². The SMILES string of the molecule is CN[C@H](CC(C)C)C(=O)N[C@H](C)C(=O)N[C@@H](CC(N)=O)C(=O)N[C@H](C)C(=O)N[C@H]1C(=O)N[C@@H](C)C(=O)N[C@H](C(=O)NC2C3CC4CC(C3)CC2C4)c2cc(O)cc(C)c2-c2cc1ccc2O. The van der Waals surface area contributed by atoms with Gasteiger partial charge >= 0.3 is 0 Å². The normalized spacial score (nSPS) is 26.1. The molecule has 1 aliphatic heterocycles. The predicted molar refractivity (Wildman–Crippen MR) is 242 cm³/mol. The first kappa shape index (κ1) is 49.2. The van der Waals surface area contributed by atoms with Crippen molar-refractivity contribution in [1.82, 2.24) is 42.5 Å². The molecule has 4 fully saturated rings. The number of likely N-dealkylation sites (N-methyl/N-ethyl adjacent to an activating group) is 1. The van der Waals surface area contributed by atoms with Crippen LogP contribution < -0.4 is 48.3 Å². The third kappa shape index (κ3) is 11.2. The van der Waals surface area contributed by atoms with E-state index in [4.69, 9.17) is 5.73 Å². The molecule has 2 aromatic rings. The minimum absolute atomic E-state index is 0.0856. The Morgan fingerprint density at radius 2 is 1.36 bits per heavy atom. The van der Waals surface area contributed by atoms with Gasteiger partial charge < -0.3 is 58.5 Å².